The van der Waals surface area contributed by atoms with E-state index >= 15 is 0 Å². The molecule has 2 aromatic rings. The van der Waals surface area contributed by atoms with Crippen LogP contribution in [0.4, 0.5) is 10.7 Å². The molecule has 3 N–H and O–H groups in total. The maximum Gasteiger partial charge on any atom is 0.266 e. The SMILES string of the molecule is Cc1cc(NC(=O)C(C)(C)C)sc1C(=O)Nc1cccc(CO)c1. The minimum Gasteiger partial charge on any atom is -0.392 e. The minimum atomic E-state index is -0.495. The fourth-order valence-electron chi connectivity index (χ4n) is 2.00. The summed E-state index contributed by atoms with van der Waals surface area (Å²) >= 11 is 1.25. The maximum atomic E-state index is 12.5. The van der Waals surface area contributed by atoms with E-state index in [2.05, 4.69) is 10.6 Å². The summed E-state index contributed by atoms with van der Waals surface area (Å²) in [6.07, 6.45) is 0. The lowest BCUT2D eigenvalue weighted by Crippen LogP contribution is -2.27. The highest BCUT2D eigenvalue weighted by atomic mass is 32.1. The van der Waals surface area contributed by atoms with E-state index in [0.717, 1.165) is 11.1 Å². The van der Waals surface area contributed by atoms with Crippen molar-refractivity contribution in [1.82, 2.24) is 0 Å². The lowest BCUT2D eigenvalue weighted by molar-refractivity contribution is -0.123. The normalized spacial score (nSPS) is 11.2. The van der Waals surface area contributed by atoms with Gasteiger partial charge in [-0.15, -0.1) is 11.3 Å². The number of hydrogen-bond acceptors (Lipinski definition) is 4. The first-order valence-electron chi connectivity index (χ1n) is 7.63. The number of aliphatic hydroxyl groups is 1. The summed E-state index contributed by atoms with van der Waals surface area (Å²) in [7, 11) is 0. The molecular weight excluding hydrogens is 324 g/mol. The zero-order valence-electron chi connectivity index (χ0n) is 14.3. The number of anilines is 2. The Morgan fingerprint density at radius 2 is 1.88 bits per heavy atom. The number of nitrogens with one attached hydrogen (secondary N) is 2. The van der Waals surface area contributed by atoms with Crippen molar-refractivity contribution in [2.24, 2.45) is 5.41 Å². The number of rotatable bonds is 4. The lowest BCUT2D eigenvalue weighted by atomic mass is 9.96. The molecule has 0 radical (unpaired) electrons. The molecule has 0 unspecified atom stereocenters. The van der Waals surface area contributed by atoms with Gasteiger partial charge in [0.15, 0.2) is 0 Å². The zero-order chi connectivity index (χ0) is 17.9. The van der Waals surface area contributed by atoms with E-state index in [9.17, 15) is 9.59 Å². The third kappa shape index (κ3) is 4.43. The maximum absolute atomic E-state index is 12.5. The van der Waals surface area contributed by atoms with E-state index in [0.29, 0.717) is 15.6 Å². The number of carbonyl (C=O) groups excluding carboxylic acids is 2. The highest BCUT2D eigenvalue weighted by molar-refractivity contribution is 7.18. The van der Waals surface area contributed by atoms with E-state index in [4.69, 9.17) is 5.11 Å². The van der Waals surface area contributed by atoms with Gasteiger partial charge in [-0.3, -0.25) is 9.59 Å². The number of benzene rings is 1. The van der Waals surface area contributed by atoms with Crippen molar-refractivity contribution in [2.75, 3.05) is 10.6 Å². The Labute approximate surface area is 145 Å². The standard InChI is InChI=1S/C18H22N2O3S/c1-11-8-14(20-17(23)18(2,3)4)24-15(11)16(22)19-13-7-5-6-12(9-13)10-21/h5-9,21H,10H2,1-4H3,(H,19,22)(H,20,23). The van der Waals surface area contributed by atoms with Crippen LogP contribution >= 0.6 is 11.3 Å². The third-order valence-electron chi connectivity index (χ3n) is 3.41. The summed E-state index contributed by atoms with van der Waals surface area (Å²) in [5.74, 6) is -0.324. The van der Waals surface area contributed by atoms with Crippen LogP contribution in [0.5, 0.6) is 0 Å². The molecule has 128 valence electrons. The monoisotopic (exact) mass is 346 g/mol. The average molecular weight is 346 g/mol. The lowest BCUT2D eigenvalue weighted by Gasteiger charge is -2.16. The van der Waals surface area contributed by atoms with Gasteiger partial charge < -0.3 is 15.7 Å². The predicted octanol–water partition coefficient (Wildman–Crippen LogP) is 3.79. The van der Waals surface area contributed by atoms with Crippen LogP contribution in [0.1, 0.15) is 41.6 Å². The second-order valence-electron chi connectivity index (χ2n) is 6.64. The van der Waals surface area contributed by atoms with Gasteiger partial charge in [-0.2, -0.15) is 0 Å². The molecule has 0 aliphatic carbocycles. The number of thiophene rings is 1. The van der Waals surface area contributed by atoms with Crippen LogP contribution in [0.15, 0.2) is 30.3 Å². The Morgan fingerprint density at radius 3 is 2.50 bits per heavy atom. The van der Waals surface area contributed by atoms with E-state index in [-0.39, 0.29) is 18.4 Å². The molecular formula is C18H22N2O3S. The van der Waals surface area contributed by atoms with Gasteiger partial charge in [0.25, 0.3) is 5.91 Å². The molecule has 0 saturated heterocycles. The predicted molar refractivity (Wildman–Crippen MR) is 97.5 cm³/mol. The summed E-state index contributed by atoms with van der Waals surface area (Å²) in [6.45, 7) is 7.27. The van der Waals surface area contributed by atoms with Crippen molar-refractivity contribution in [3.05, 3.63) is 46.3 Å². The molecule has 1 aromatic heterocycles. The molecule has 5 nitrogen and oxygen atoms in total. The zero-order valence-corrected chi connectivity index (χ0v) is 15.1. The fourth-order valence-corrected chi connectivity index (χ4v) is 2.97. The van der Waals surface area contributed by atoms with Crippen LogP contribution in [-0.4, -0.2) is 16.9 Å². The molecule has 2 rings (SSSR count). The Bertz CT molecular complexity index is 760. The molecule has 1 heterocycles. The van der Waals surface area contributed by atoms with Crippen molar-refractivity contribution in [3.8, 4) is 0 Å². The van der Waals surface area contributed by atoms with Crippen molar-refractivity contribution in [2.45, 2.75) is 34.3 Å². The first-order chi connectivity index (χ1) is 11.2. The minimum absolute atomic E-state index is 0.0786. The first-order valence-corrected chi connectivity index (χ1v) is 8.45. The van der Waals surface area contributed by atoms with E-state index in [1.165, 1.54) is 11.3 Å². The fraction of sp³-hybridized carbons (Fsp3) is 0.333. The molecule has 0 spiro atoms. The van der Waals surface area contributed by atoms with E-state index in [1.807, 2.05) is 27.7 Å². The summed E-state index contributed by atoms with van der Waals surface area (Å²) in [5, 5.41) is 15.5. The third-order valence-corrected chi connectivity index (χ3v) is 4.56. The summed E-state index contributed by atoms with van der Waals surface area (Å²) in [4.78, 5) is 25.1. The Balaban J connectivity index is 2.14. The average Bonchev–Trinajstić information content (AvgIpc) is 2.87. The molecule has 0 aliphatic rings. The Kier molecular flexibility index (Phi) is 5.41. The number of hydrogen-bond donors (Lipinski definition) is 3. The van der Waals surface area contributed by atoms with Gasteiger partial charge in [-0.25, -0.2) is 0 Å². The highest BCUT2D eigenvalue weighted by Crippen LogP contribution is 2.29. The molecule has 6 heteroatoms. The van der Waals surface area contributed by atoms with Crippen LogP contribution < -0.4 is 10.6 Å². The van der Waals surface area contributed by atoms with Crippen LogP contribution in [-0.2, 0) is 11.4 Å². The second kappa shape index (κ2) is 7.15. The molecule has 0 fully saturated rings. The molecule has 0 bridgehead atoms. The van der Waals surface area contributed by atoms with E-state index in [1.54, 1.807) is 30.3 Å². The van der Waals surface area contributed by atoms with Gasteiger partial charge in [-0.05, 0) is 36.2 Å². The van der Waals surface area contributed by atoms with Gasteiger partial charge in [0.1, 0.15) is 0 Å². The van der Waals surface area contributed by atoms with Gasteiger partial charge >= 0.3 is 0 Å². The van der Waals surface area contributed by atoms with E-state index < -0.39 is 5.41 Å². The Morgan fingerprint density at radius 1 is 1.17 bits per heavy atom. The number of carbonyl (C=O) groups is 2. The quantitative estimate of drug-likeness (QED) is 0.788. The molecule has 0 atom stereocenters. The van der Waals surface area contributed by atoms with Gasteiger partial charge in [0.2, 0.25) is 5.91 Å². The molecule has 2 amide bonds. The number of aryl methyl sites for hydroxylation is 1. The van der Waals surface area contributed by atoms with Gasteiger partial charge in [0, 0.05) is 11.1 Å². The topological polar surface area (TPSA) is 78.4 Å². The van der Waals surface area contributed by atoms with Crippen molar-refractivity contribution >= 4 is 33.8 Å². The van der Waals surface area contributed by atoms with Crippen LogP contribution in [0.2, 0.25) is 0 Å². The molecule has 1 aromatic carbocycles. The largest absolute Gasteiger partial charge is 0.392 e. The number of aliphatic hydroxyl groups excluding tert-OH is 1. The van der Waals surface area contributed by atoms with Crippen LogP contribution in [0.25, 0.3) is 0 Å². The smallest absolute Gasteiger partial charge is 0.266 e. The van der Waals surface area contributed by atoms with Gasteiger partial charge in [0.05, 0.1) is 16.5 Å². The van der Waals surface area contributed by atoms with Crippen molar-refractivity contribution < 1.29 is 14.7 Å². The molecule has 0 aliphatic heterocycles. The molecule has 24 heavy (non-hydrogen) atoms. The highest BCUT2D eigenvalue weighted by Gasteiger charge is 2.23. The van der Waals surface area contributed by atoms with Crippen LogP contribution in [0, 0.1) is 12.3 Å². The Hall–Kier alpha value is -2.18. The number of amides is 2. The van der Waals surface area contributed by atoms with Crippen molar-refractivity contribution in [3.63, 3.8) is 0 Å². The summed E-state index contributed by atoms with van der Waals surface area (Å²) in [5.41, 5.74) is 1.67. The van der Waals surface area contributed by atoms with Crippen LogP contribution in [0.3, 0.4) is 0 Å². The van der Waals surface area contributed by atoms with Gasteiger partial charge in [-0.1, -0.05) is 32.9 Å². The van der Waals surface area contributed by atoms with Crippen molar-refractivity contribution in [1.29, 1.82) is 0 Å². The summed E-state index contributed by atoms with van der Waals surface area (Å²) < 4.78 is 0. The first kappa shape index (κ1) is 18.2. The summed E-state index contributed by atoms with van der Waals surface area (Å²) in [6, 6.07) is 8.85. The molecule has 0 saturated carbocycles. The second-order valence-corrected chi connectivity index (χ2v) is 7.69.